The molecule has 2 aliphatic rings. The van der Waals surface area contributed by atoms with Crippen molar-refractivity contribution in [1.29, 1.82) is 0 Å². The van der Waals surface area contributed by atoms with Crippen LogP contribution >= 0.6 is 23.2 Å². The summed E-state index contributed by atoms with van der Waals surface area (Å²) in [6, 6.07) is 4.03. The maximum atomic E-state index is 15.9. The number of aryl methyl sites for hydroxylation is 1. The number of hydrogen-bond acceptors (Lipinski definition) is 5. The molecule has 3 N–H and O–H groups in total. The standard InChI is InChI=1S/C22H19Cl2F4N5/c1-9-30-20-14(21(31-9)33-7-11-2-3-12(8-33)32-11)6-15(23)17(19(20)25)13-4-10(29)5-16(24)18(13)22(26,27)28/h4-6,11-12,32H,2-3,7-8,29H2,1H3. The summed E-state index contributed by atoms with van der Waals surface area (Å²) in [6.07, 6.45) is -2.77. The van der Waals surface area contributed by atoms with E-state index in [-0.39, 0.29) is 16.2 Å². The van der Waals surface area contributed by atoms with Crippen LogP contribution in [0, 0.1) is 12.7 Å². The molecule has 2 unspecified atom stereocenters. The van der Waals surface area contributed by atoms with E-state index in [2.05, 4.69) is 20.2 Å². The largest absolute Gasteiger partial charge is 0.418 e. The van der Waals surface area contributed by atoms with E-state index in [1.54, 1.807) is 6.92 Å². The van der Waals surface area contributed by atoms with E-state index in [1.807, 2.05) is 0 Å². The molecule has 2 aromatic carbocycles. The molecule has 2 aliphatic heterocycles. The highest BCUT2D eigenvalue weighted by Crippen LogP contribution is 2.47. The summed E-state index contributed by atoms with van der Waals surface area (Å²) in [4.78, 5) is 10.8. The highest BCUT2D eigenvalue weighted by Gasteiger charge is 2.38. The number of piperazine rings is 1. The maximum absolute atomic E-state index is 15.9. The van der Waals surface area contributed by atoms with Crippen LogP contribution in [0.2, 0.25) is 10.0 Å². The van der Waals surface area contributed by atoms with Gasteiger partial charge in [-0.3, -0.25) is 0 Å². The minimum absolute atomic E-state index is 0.0468. The van der Waals surface area contributed by atoms with E-state index in [0.717, 1.165) is 25.0 Å². The SMILES string of the molecule is Cc1nc(N2CC3CCC(C2)N3)c2cc(Cl)c(-c3cc(N)cc(Cl)c3C(F)(F)F)c(F)c2n1. The minimum atomic E-state index is -4.85. The van der Waals surface area contributed by atoms with Crippen LogP contribution in [0.4, 0.5) is 29.1 Å². The molecule has 0 radical (unpaired) electrons. The molecule has 2 fully saturated rings. The van der Waals surface area contributed by atoms with Crippen molar-refractivity contribution in [3.8, 4) is 11.1 Å². The van der Waals surface area contributed by atoms with Crippen molar-refractivity contribution in [2.45, 2.75) is 38.0 Å². The van der Waals surface area contributed by atoms with Gasteiger partial charge in [-0.05, 0) is 38.0 Å². The predicted molar refractivity (Wildman–Crippen MR) is 121 cm³/mol. The second-order valence-electron chi connectivity index (χ2n) is 8.50. The van der Waals surface area contributed by atoms with Gasteiger partial charge in [-0.2, -0.15) is 13.2 Å². The van der Waals surface area contributed by atoms with Crippen LogP contribution in [0.15, 0.2) is 18.2 Å². The number of fused-ring (bicyclic) bond motifs is 3. The summed E-state index contributed by atoms with van der Waals surface area (Å²) in [5.74, 6) is -0.156. The number of nitrogen functional groups attached to an aromatic ring is 1. The van der Waals surface area contributed by atoms with Gasteiger partial charge in [0.1, 0.15) is 17.2 Å². The highest BCUT2D eigenvalue weighted by molar-refractivity contribution is 6.35. The van der Waals surface area contributed by atoms with Crippen LogP contribution in [0.5, 0.6) is 0 Å². The summed E-state index contributed by atoms with van der Waals surface area (Å²) >= 11 is 12.3. The Labute approximate surface area is 196 Å². The smallest absolute Gasteiger partial charge is 0.399 e. The maximum Gasteiger partial charge on any atom is 0.418 e. The van der Waals surface area contributed by atoms with Gasteiger partial charge in [-0.1, -0.05) is 23.2 Å². The van der Waals surface area contributed by atoms with Crippen LogP contribution in [-0.4, -0.2) is 35.1 Å². The Hall–Kier alpha value is -2.36. The molecule has 3 aromatic rings. The van der Waals surface area contributed by atoms with E-state index in [0.29, 0.717) is 42.2 Å². The van der Waals surface area contributed by atoms with Crippen molar-refractivity contribution >= 4 is 45.6 Å². The van der Waals surface area contributed by atoms with Crippen LogP contribution in [0.1, 0.15) is 24.2 Å². The lowest BCUT2D eigenvalue weighted by molar-refractivity contribution is -0.137. The molecular formula is C22H19Cl2F4N5. The Bertz CT molecular complexity index is 1270. The topological polar surface area (TPSA) is 67.1 Å². The van der Waals surface area contributed by atoms with Gasteiger partial charge in [-0.15, -0.1) is 0 Å². The van der Waals surface area contributed by atoms with Gasteiger partial charge >= 0.3 is 6.18 Å². The quantitative estimate of drug-likeness (QED) is 0.355. The molecule has 2 atom stereocenters. The Kier molecular flexibility index (Phi) is 5.34. The molecule has 2 bridgehead atoms. The fraction of sp³-hybridized carbons (Fsp3) is 0.364. The van der Waals surface area contributed by atoms with Gasteiger partial charge in [0.2, 0.25) is 0 Å². The van der Waals surface area contributed by atoms with E-state index in [9.17, 15) is 13.2 Å². The molecule has 11 heteroatoms. The lowest BCUT2D eigenvalue weighted by atomic mass is 9.96. The molecule has 0 spiro atoms. The molecule has 33 heavy (non-hydrogen) atoms. The van der Waals surface area contributed by atoms with Crippen molar-refractivity contribution in [3.05, 3.63) is 45.4 Å². The van der Waals surface area contributed by atoms with Crippen LogP contribution in [0.25, 0.3) is 22.0 Å². The molecule has 5 rings (SSSR count). The average Bonchev–Trinajstić information content (AvgIpc) is 3.04. The second kappa shape index (κ2) is 7.85. The molecule has 1 aromatic heterocycles. The highest BCUT2D eigenvalue weighted by atomic mass is 35.5. The molecule has 0 amide bonds. The van der Waals surface area contributed by atoms with Gasteiger partial charge in [0, 0.05) is 47.4 Å². The van der Waals surface area contributed by atoms with Crippen molar-refractivity contribution in [2.24, 2.45) is 0 Å². The average molecular weight is 500 g/mol. The van der Waals surface area contributed by atoms with Gasteiger partial charge < -0.3 is 16.0 Å². The Morgan fingerprint density at radius 2 is 1.73 bits per heavy atom. The van der Waals surface area contributed by atoms with Gasteiger partial charge in [0.15, 0.2) is 5.82 Å². The summed E-state index contributed by atoms with van der Waals surface area (Å²) in [6.45, 7) is 2.99. The number of benzene rings is 2. The zero-order chi connectivity index (χ0) is 23.7. The number of hydrogen-bond donors (Lipinski definition) is 2. The van der Waals surface area contributed by atoms with Gasteiger partial charge in [-0.25, -0.2) is 14.4 Å². The van der Waals surface area contributed by atoms with E-state index in [1.165, 1.54) is 6.07 Å². The third-order valence-electron chi connectivity index (χ3n) is 6.16. The number of rotatable bonds is 2. The first-order valence-electron chi connectivity index (χ1n) is 10.4. The minimum Gasteiger partial charge on any atom is -0.399 e. The Morgan fingerprint density at radius 1 is 1.06 bits per heavy atom. The van der Waals surface area contributed by atoms with Crippen molar-refractivity contribution in [1.82, 2.24) is 15.3 Å². The van der Waals surface area contributed by atoms with Crippen molar-refractivity contribution in [3.63, 3.8) is 0 Å². The summed E-state index contributed by atoms with van der Waals surface area (Å²) in [5, 5.41) is 3.02. The fourth-order valence-electron chi connectivity index (χ4n) is 4.86. The summed E-state index contributed by atoms with van der Waals surface area (Å²) < 4.78 is 57.4. The molecule has 3 heterocycles. The second-order valence-corrected chi connectivity index (χ2v) is 9.32. The first kappa shape index (κ1) is 22.4. The van der Waals surface area contributed by atoms with E-state index >= 15 is 4.39 Å². The first-order valence-corrected chi connectivity index (χ1v) is 11.1. The zero-order valence-electron chi connectivity index (χ0n) is 17.4. The molecule has 0 saturated carbocycles. The molecule has 5 nitrogen and oxygen atoms in total. The number of alkyl halides is 3. The number of nitrogens with one attached hydrogen (secondary N) is 1. The number of aromatic nitrogens is 2. The van der Waals surface area contributed by atoms with E-state index in [4.69, 9.17) is 28.9 Å². The Balaban J connectivity index is 1.75. The molecule has 0 aliphatic carbocycles. The molecule has 2 saturated heterocycles. The Morgan fingerprint density at radius 3 is 2.36 bits per heavy atom. The van der Waals surface area contributed by atoms with Crippen molar-refractivity contribution in [2.75, 3.05) is 23.7 Å². The van der Waals surface area contributed by atoms with Gasteiger partial charge in [0.05, 0.1) is 15.6 Å². The fourth-order valence-corrected chi connectivity index (χ4v) is 5.49. The third kappa shape index (κ3) is 3.86. The summed E-state index contributed by atoms with van der Waals surface area (Å²) in [5.41, 5.74) is 3.41. The third-order valence-corrected chi connectivity index (χ3v) is 6.75. The number of nitrogens with zero attached hydrogens (tertiary/aromatic N) is 3. The number of halogens is 6. The summed E-state index contributed by atoms with van der Waals surface area (Å²) in [7, 11) is 0. The zero-order valence-corrected chi connectivity index (χ0v) is 18.9. The van der Waals surface area contributed by atoms with Gasteiger partial charge in [0.25, 0.3) is 0 Å². The van der Waals surface area contributed by atoms with Crippen LogP contribution in [-0.2, 0) is 6.18 Å². The predicted octanol–water partition coefficient (Wildman–Crippen LogP) is 5.59. The van der Waals surface area contributed by atoms with E-state index < -0.39 is 33.7 Å². The molecule has 174 valence electrons. The molecular weight excluding hydrogens is 481 g/mol. The lowest BCUT2D eigenvalue weighted by Gasteiger charge is -2.34. The normalized spacial score (nSPS) is 20.6. The van der Waals surface area contributed by atoms with Crippen LogP contribution in [0.3, 0.4) is 0 Å². The van der Waals surface area contributed by atoms with Crippen LogP contribution < -0.4 is 16.0 Å². The number of nitrogens with two attached hydrogens (primary N) is 1. The number of anilines is 2. The lowest BCUT2D eigenvalue weighted by Crippen LogP contribution is -2.51. The first-order chi connectivity index (χ1) is 15.5. The monoisotopic (exact) mass is 499 g/mol. The van der Waals surface area contributed by atoms with Crippen molar-refractivity contribution < 1.29 is 17.6 Å².